The number of hydrogen-bond acceptors (Lipinski definition) is 6. The summed E-state index contributed by atoms with van der Waals surface area (Å²) in [4.78, 5) is 0. The largest absolute Gasteiger partial charge is 2.00 e. The van der Waals surface area contributed by atoms with E-state index >= 15 is 0 Å². The zero-order valence-electron chi connectivity index (χ0n) is 4.42. The Hall–Kier alpha value is 0.759. The van der Waals surface area contributed by atoms with E-state index in [-0.39, 0.29) is 29.5 Å². The summed E-state index contributed by atoms with van der Waals surface area (Å²) in [5, 5.41) is 0. The van der Waals surface area contributed by atoms with Gasteiger partial charge in [0.1, 0.15) is 0 Å². The van der Waals surface area contributed by atoms with Crippen molar-refractivity contribution in [3.05, 3.63) is 0 Å². The van der Waals surface area contributed by atoms with Gasteiger partial charge in [0.25, 0.3) is 0 Å². The first-order valence-electron chi connectivity index (χ1n) is 1.18. The molecule has 0 rings (SSSR count). The molecule has 0 atom stereocenters. The summed E-state index contributed by atoms with van der Waals surface area (Å²) in [6.07, 6.45) is 0. The van der Waals surface area contributed by atoms with Gasteiger partial charge >= 0.3 is 43.0 Å². The van der Waals surface area contributed by atoms with Crippen molar-refractivity contribution in [2.45, 2.75) is 0 Å². The van der Waals surface area contributed by atoms with Crippen molar-refractivity contribution in [3.63, 3.8) is 0 Å². The molecule has 0 fully saturated rings. The van der Waals surface area contributed by atoms with Gasteiger partial charge in [0.15, 0.2) is 0 Å². The van der Waals surface area contributed by atoms with Crippen LogP contribution >= 0.6 is 12.4 Å². The summed E-state index contributed by atoms with van der Waals surface area (Å²) in [5.41, 5.74) is 0. The SMILES string of the molecule is Cl.O=S(=O)([O-])[O-].O=[Se](=O)O.[Cu+2]. The molecule has 7 nitrogen and oxygen atoms in total. The second-order valence-electron chi connectivity index (χ2n) is 0.625. The van der Waals surface area contributed by atoms with E-state index in [1.165, 1.54) is 0 Å². The molecule has 1 N–H and O–H groups in total. The molecular weight excluding hydrogens is 322 g/mol. The molecule has 0 heterocycles. The third-order valence-electron chi connectivity index (χ3n) is 0. The van der Waals surface area contributed by atoms with Gasteiger partial charge in [-0.25, -0.2) is 0 Å². The predicted molar refractivity (Wildman–Crippen MR) is 27.1 cm³/mol. The summed E-state index contributed by atoms with van der Waals surface area (Å²) >= 11 is -3.54. The molecule has 0 saturated heterocycles. The molecule has 0 aliphatic heterocycles. The van der Waals surface area contributed by atoms with Crippen LogP contribution < -0.4 is 0 Å². The zero-order valence-corrected chi connectivity index (χ0v) is 8.71. The topological polar surface area (TPSA) is 135 Å². The van der Waals surface area contributed by atoms with E-state index < -0.39 is 24.5 Å². The van der Waals surface area contributed by atoms with Gasteiger partial charge in [0.05, 0.1) is 0 Å². The maximum absolute atomic E-state index is 8.65. The molecule has 0 amide bonds. The number of halogens is 1. The van der Waals surface area contributed by atoms with Gasteiger partial charge in [0.2, 0.25) is 0 Å². The van der Waals surface area contributed by atoms with Crippen molar-refractivity contribution < 1.29 is 46.5 Å². The molecule has 0 aliphatic rings. The van der Waals surface area contributed by atoms with E-state index in [4.69, 9.17) is 29.4 Å². The van der Waals surface area contributed by atoms with Gasteiger partial charge in [-0.05, 0) is 0 Å². The predicted octanol–water partition coefficient (Wildman–Crippen LogP) is -2.09. The van der Waals surface area contributed by atoms with Crippen LogP contribution in [0.1, 0.15) is 0 Å². The van der Waals surface area contributed by atoms with Crippen LogP contribution in [0.15, 0.2) is 0 Å². The summed E-state index contributed by atoms with van der Waals surface area (Å²) < 4.78 is 58.5. The Balaban J connectivity index is -0.0000000383. The molecule has 0 unspecified atom stereocenters. The fraction of sp³-hybridized carbons (Fsp3) is 0. The average molecular weight is 324 g/mol. The minimum atomic E-state index is -5.17. The quantitative estimate of drug-likeness (QED) is 0.306. The Morgan fingerprint density at radius 3 is 1.18 bits per heavy atom. The van der Waals surface area contributed by atoms with Crippen molar-refractivity contribution in [1.82, 2.24) is 0 Å². The van der Waals surface area contributed by atoms with Gasteiger partial charge < -0.3 is 9.11 Å². The summed E-state index contributed by atoms with van der Waals surface area (Å²) in [5.74, 6) is 0. The van der Waals surface area contributed by atoms with E-state index in [9.17, 15) is 0 Å². The second kappa shape index (κ2) is 10.8. The first-order chi connectivity index (χ1) is 3.73. The summed E-state index contributed by atoms with van der Waals surface area (Å²) in [6.45, 7) is 0. The third-order valence-corrected chi connectivity index (χ3v) is 0. The molecule has 11 heteroatoms. The molecule has 0 aromatic rings. The van der Waals surface area contributed by atoms with E-state index in [0.717, 1.165) is 0 Å². The molecule has 2 radical (unpaired) electrons. The summed E-state index contributed by atoms with van der Waals surface area (Å²) in [6, 6.07) is 0. The van der Waals surface area contributed by atoms with Gasteiger partial charge in [-0.15, -0.1) is 12.4 Å². The van der Waals surface area contributed by atoms with Crippen LogP contribution in [0.3, 0.4) is 0 Å². The monoisotopic (exact) mass is 324 g/mol. The second-order valence-corrected chi connectivity index (χ2v) is 2.35. The van der Waals surface area contributed by atoms with Crippen LogP contribution in [0.5, 0.6) is 0 Å². The molecule has 0 aliphatic carbocycles. The van der Waals surface area contributed by atoms with Crippen LogP contribution in [0.2, 0.25) is 0 Å². The molecule has 11 heavy (non-hydrogen) atoms. The molecule has 74 valence electrons. The fourth-order valence-corrected chi connectivity index (χ4v) is 0. The molecule has 0 aromatic carbocycles. The standard InChI is InChI=1S/ClH.Cu.H2O4S.HO3Se/c;;1-5(2,3)4;1-4(2)3/h1H;;(H2,1,2,3,4);(H,1,2,3)/q;+2;;/p-2. The maximum Gasteiger partial charge on any atom is 2.00 e. The van der Waals surface area contributed by atoms with E-state index in [1.807, 2.05) is 0 Å². The van der Waals surface area contributed by atoms with Crippen LogP contribution in [0.4, 0.5) is 0 Å². The number of hydrogen-bond donors (Lipinski definition) is 1. The normalized spacial score (nSPS) is 7.55. The zero-order chi connectivity index (χ0) is 8.08. The first-order valence-corrected chi connectivity index (χ1v) is 4.68. The minimum absolute atomic E-state index is 0. The van der Waals surface area contributed by atoms with Gasteiger partial charge in [-0.1, -0.05) is 0 Å². The molecule has 0 bridgehead atoms. The Morgan fingerprint density at radius 2 is 1.18 bits per heavy atom. The van der Waals surface area contributed by atoms with E-state index in [2.05, 4.69) is 0 Å². The molecular formula is H2ClCuO7SSe. The van der Waals surface area contributed by atoms with Crippen molar-refractivity contribution in [1.29, 1.82) is 0 Å². The summed E-state index contributed by atoms with van der Waals surface area (Å²) in [7, 11) is -5.17. The van der Waals surface area contributed by atoms with Crippen molar-refractivity contribution in [2.24, 2.45) is 0 Å². The Labute approximate surface area is 83.2 Å². The van der Waals surface area contributed by atoms with E-state index in [0.29, 0.717) is 0 Å². The van der Waals surface area contributed by atoms with Gasteiger partial charge in [-0.2, -0.15) is 0 Å². The Kier molecular flexibility index (Phi) is 22.1. The van der Waals surface area contributed by atoms with E-state index in [1.54, 1.807) is 0 Å². The van der Waals surface area contributed by atoms with Crippen LogP contribution in [-0.4, -0.2) is 35.8 Å². The van der Waals surface area contributed by atoms with Gasteiger partial charge in [0, 0.05) is 10.4 Å². The maximum atomic E-state index is 8.65. The minimum Gasteiger partial charge on any atom is 2.00 e. The van der Waals surface area contributed by atoms with Crippen LogP contribution in [0.25, 0.3) is 0 Å². The average Bonchev–Trinajstić information content (AvgIpc) is 1.19. The fourth-order valence-electron chi connectivity index (χ4n) is 0. The van der Waals surface area contributed by atoms with Gasteiger partial charge in [-0.3, -0.25) is 8.42 Å². The van der Waals surface area contributed by atoms with Crippen LogP contribution in [0, 0.1) is 0 Å². The van der Waals surface area contributed by atoms with Crippen molar-refractivity contribution in [2.75, 3.05) is 0 Å². The molecule has 0 saturated carbocycles. The van der Waals surface area contributed by atoms with Crippen molar-refractivity contribution in [3.8, 4) is 0 Å². The Morgan fingerprint density at radius 1 is 1.18 bits per heavy atom. The number of rotatable bonds is 0. The molecule has 0 aromatic heterocycles. The smallest absolute Gasteiger partial charge is 2.00 e. The van der Waals surface area contributed by atoms with Crippen molar-refractivity contribution >= 4 is 36.9 Å². The van der Waals surface area contributed by atoms with Crippen LogP contribution in [-0.2, 0) is 35.1 Å². The third kappa shape index (κ3) is 1430. The first kappa shape index (κ1) is 22.6. The molecule has 0 spiro atoms. The Bertz CT molecular complexity index is 199.